The third-order valence-electron chi connectivity index (χ3n) is 2.51. The Morgan fingerprint density at radius 3 is 3.00 bits per heavy atom. The van der Waals surface area contributed by atoms with Crippen LogP contribution in [-0.4, -0.2) is 28.6 Å². The van der Waals surface area contributed by atoms with Gasteiger partial charge in [-0.3, -0.25) is 4.98 Å². The molecule has 0 aliphatic carbocycles. The smallest absolute Gasteiger partial charge is 0.147 e. The molecule has 0 spiro atoms. The Morgan fingerprint density at radius 1 is 1.47 bits per heavy atom. The maximum atomic E-state index is 5.93. The minimum absolute atomic E-state index is 0.242. The van der Waals surface area contributed by atoms with Gasteiger partial charge in [-0.15, -0.1) is 0 Å². The molecule has 0 amide bonds. The van der Waals surface area contributed by atoms with Gasteiger partial charge in [0, 0.05) is 24.5 Å². The van der Waals surface area contributed by atoms with Crippen molar-refractivity contribution in [3.8, 4) is 11.1 Å². The van der Waals surface area contributed by atoms with Crippen molar-refractivity contribution in [2.24, 2.45) is 0 Å². The molecular formula is C13H18N4OS. The fourth-order valence-electron chi connectivity index (χ4n) is 1.67. The first-order valence-electron chi connectivity index (χ1n) is 6.19. The zero-order valence-corrected chi connectivity index (χ0v) is 11.9. The first-order chi connectivity index (χ1) is 9.18. The second-order valence-electron chi connectivity index (χ2n) is 4.36. The second-order valence-corrected chi connectivity index (χ2v) is 5.13. The maximum absolute atomic E-state index is 5.93. The van der Waals surface area contributed by atoms with Gasteiger partial charge < -0.3 is 15.8 Å². The molecule has 2 aromatic rings. The molecule has 2 rings (SSSR count). The Kier molecular flexibility index (Phi) is 4.70. The number of ether oxygens (including phenoxy) is 1. The highest BCUT2D eigenvalue weighted by atomic mass is 32.1. The largest absolute Gasteiger partial charge is 0.382 e. The van der Waals surface area contributed by atoms with Gasteiger partial charge in [-0.2, -0.15) is 4.37 Å². The average molecular weight is 278 g/mol. The SMILES string of the molecule is CC(C)OCCNc1snc(N)c1-c1cccnc1. The number of hydrogen-bond acceptors (Lipinski definition) is 6. The number of aromatic nitrogens is 2. The summed E-state index contributed by atoms with van der Waals surface area (Å²) < 4.78 is 9.69. The van der Waals surface area contributed by atoms with Crippen LogP contribution in [-0.2, 0) is 4.74 Å². The van der Waals surface area contributed by atoms with E-state index in [9.17, 15) is 0 Å². The van der Waals surface area contributed by atoms with Gasteiger partial charge in [0.1, 0.15) is 10.8 Å². The number of nitrogens with two attached hydrogens (primary N) is 1. The quantitative estimate of drug-likeness (QED) is 0.795. The topological polar surface area (TPSA) is 73.1 Å². The first-order valence-corrected chi connectivity index (χ1v) is 6.97. The van der Waals surface area contributed by atoms with E-state index in [1.807, 2.05) is 26.0 Å². The standard InChI is InChI=1S/C13H18N4OS/c1-9(2)18-7-6-16-13-11(12(14)17-19-13)10-4-3-5-15-8-10/h3-5,8-9,16H,6-7H2,1-2H3,(H2,14,17). The van der Waals surface area contributed by atoms with Crippen molar-refractivity contribution < 1.29 is 4.74 Å². The molecular weight excluding hydrogens is 260 g/mol. The first kappa shape index (κ1) is 13.8. The van der Waals surface area contributed by atoms with Gasteiger partial charge in [0.05, 0.1) is 18.3 Å². The van der Waals surface area contributed by atoms with Crippen LogP contribution in [0.2, 0.25) is 0 Å². The number of pyridine rings is 1. The van der Waals surface area contributed by atoms with Crippen molar-refractivity contribution >= 4 is 22.4 Å². The fourth-order valence-corrected chi connectivity index (χ4v) is 2.43. The molecule has 0 saturated heterocycles. The van der Waals surface area contributed by atoms with E-state index in [1.165, 1.54) is 11.5 Å². The molecule has 0 atom stereocenters. The summed E-state index contributed by atoms with van der Waals surface area (Å²) in [7, 11) is 0. The summed E-state index contributed by atoms with van der Waals surface area (Å²) in [6, 6.07) is 3.86. The minimum atomic E-state index is 0.242. The summed E-state index contributed by atoms with van der Waals surface area (Å²) in [5.41, 5.74) is 7.82. The van der Waals surface area contributed by atoms with E-state index in [-0.39, 0.29) is 6.10 Å². The number of rotatable bonds is 6. The highest BCUT2D eigenvalue weighted by molar-refractivity contribution is 7.11. The lowest BCUT2D eigenvalue weighted by molar-refractivity contribution is 0.0871. The van der Waals surface area contributed by atoms with Gasteiger partial charge in [-0.25, -0.2) is 0 Å². The van der Waals surface area contributed by atoms with Gasteiger partial charge in [0.2, 0.25) is 0 Å². The van der Waals surface area contributed by atoms with E-state index in [4.69, 9.17) is 10.5 Å². The molecule has 5 nitrogen and oxygen atoms in total. The summed E-state index contributed by atoms with van der Waals surface area (Å²) >= 11 is 1.36. The summed E-state index contributed by atoms with van der Waals surface area (Å²) in [5, 5.41) is 4.27. The third kappa shape index (κ3) is 3.65. The van der Waals surface area contributed by atoms with Crippen LogP contribution in [0.3, 0.4) is 0 Å². The van der Waals surface area contributed by atoms with Gasteiger partial charge >= 0.3 is 0 Å². The van der Waals surface area contributed by atoms with Crippen molar-refractivity contribution in [1.29, 1.82) is 0 Å². The lowest BCUT2D eigenvalue weighted by Gasteiger charge is -2.09. The van der Waals surface area contributed by atoms with Crippen LogP contribution >= 0.6 is 11.5 Å². The Labute approximate surface area is 117 Å². The van der Waals surface area contributed by atoms with Crippen LogP contribution in [0.25, 0.3) is 11.1 Å². The fraction of sp³-hybridized carbons (Fsp3) is 0.385. The van der Waals surface area contributed by atoms with Crippen LogP contribution in [0.15, 0.2) is 24.5 Å². The molecule has 102 valence electrons. The monoisotopic (exact) mass is 278 g/mol. The van der Waals surface area contributed by atoms with Crippen molar-refractivity contribution in [2.75, 3.05) is 24.2 Å². The highest BCUT2D eigenvalue weighted by Gasteiger charge is 2.13. The van der Waals surface area contributed by atoms with Crippen molar-refractivity contribution in [2.45, 2.75) is 20.0 Å². The van der Waals surface area contributed by atoms with Gasteiger partial charge in [0.15, 0.2) is 0 Å². The molecule has 0 aromatic carbocycles. The van der Waals surface area contributed by atoms with Crippen LogP contribution in [0, 0.1) is 0 Å². The predicted octanol–water partition coefficient (Wildman–Crippen LogP) is 2.62. The van der Waals surface area contributed by atoms with Crippen molar-refractivity contribution in [3.05, 3.63) is 24.5 Å². The number of nitrogens with one attached hydrogen (secondary N) is 1. The van der Waals surface area contributed by atoms with E-state index < -0.39 is 0 Å². The van der Waals surface area contributed by atoms with E-state index in [1.54, 1.807) is 12.4 Å². The third-order valence-corrected chi connectivity index (χ3v) is 3.33. The molecule has 0 aliphatic heterocycles. The van der Waals surface area contributed by atoms with Crippen LogP contribution in [0.5, 0.6) is 0 Å². The average Bonchev–Trinajstić information content (AvgIpc) is 2.77. The van der Waals surface area contributed by atoms with E-state index in [0.29, 0.717) is 12.4 Å². The molecule has 19 heavy (non-hydrogen) atoms. The zero-order chi connectivity index (χ0) is 13.7. The molecule has 2 heterocycles. The molecule has 2 aromatic heterocycles. The molecule has 0 radical (unpaired) electrons. The maximum Gasteiger partial charge on any atom is 0.147 e. The second kappa shape index (κ2) is 6.49. The Bertz CT molecular complexity index is 513. The Morgan fingerprint density at radius 2 is 2.32 bits per heavy atom. The number of anilines is 2. The molecule has 0 fully saturated rings. The van der Waals surface area contributed by atoms with E-state index >= 15 is 0 Å². The molecule has 0 saturated carbocycles. The Balaban J connectivity index is 2.06. The van der Waals surface area contributed by atoms with Crippen LogP contribution in [0.4, 0.5) is 10.8 Å². The van der Waals surface area contributed by atoms with Gasteiger partial charge in [0.25, 0.3) is 0 Å². The normalized spacial score (nSPS) is 10.9. The van der Waals surface area contributed by atoms with Crippen LogP contribution < -0.4 is 11.1 Å². The lowest BCUT2D eigenvalue weighted by Crippen LogP contribution is -2.13. The van der Waals surface area contributed by atoms with Gasteiger partial charge in [-0.05, 0) is 31.4 Å². The number of hydrogen-bond donors (Lipinski definition) is 2. The molecule has 3 N–H and O–H groups in total. The van der Waals surface area contributed by atoms with E-state index in [0.717, 1.165) is 22.7 Å². The van der Waals surface area contributed by atoms with Crippen molar-refractivity contribution in [1.82, 2.24) is 9.36 Å². The summed E-state index contributed by atoms with van der Waals surface area (Å²) in [6.07, 6.45) is 3.77. The number of nitrogens with zero attached hydrogens (tertiary/aromatic N) is 2. The lowest BCUT2D eigenvalue weighted by atomic mass is 10.1. The number of nitrogen functional groups attached to an aromatic ring is 1. The Hall–Kier alpha value is -1.66. The molecule has 6 heteroatoms. The summed E-state index contributed by atoms with van der Waals surface area (Å²) in [6.45, 7) is 5.42. The predicted molar refractivity (Wildman–Crippen MR) is 79.3 cm³/mol. The summed E-state index contributed by atoms with van der Waals surface area (Å²) in [4.78, 5) is 4.11. The molecule has 0 aliphatic rings. The van der Waals surface area contributed by atoms with Crippen LogP contribution in [0.1, 0.15) is 13.8 Å². The van der Waals surface area contributed by atoms with E-state index in [2.05, 4.69) is 14.7 Å². The highest BCUT2D eigenvalue weighted by Crippen LogP contribution is 2.35. The zero-order valence-electron chi connectivity index (χ0n) is 11.1. The molecule has 0 bridgehead atoms. The van der Waals surface area contributed by atoms with Gasteiger partial charge in [-0.1, -0.05) is 6.07 Å². The summed E-state index contributed by atoms with van der Waals surface area (Å²) in [5.74, 6) is 0.533. The minimum Gasteiger partial charge on any atom is -0.382 e. The van der Waals surface area contributed by atoms with Crippen molar-refractivity contribution in [3.63, 3.8) is 0 Å². The molecule has 0 unspecified atom stereocenters.